The number of nitrogens with two attached hydrogens (primary N) is 1. The molecular weight excluding hydrogens is 206 g/mol. The van der Waals surface area contributed by atoms with E-state index in [1.165, 1.54) is 0 Å². The van der Waals surface area contributed by atoms with Crippen LogP contribution >= 0.6 is 0 Å². The van der Waals surface area contributed by atoms with Crippen LogP contribution in [-0.2, 0) is 10.8 Å². The summed E-state index contributed by atoms with van der Waals surface area (Å²) in [6, 6.07) is 7.37. The SMILES string of the molecule is CC(C)(C)CCS(=O)c1ccccc1N. The van der Waals surface area contributed by atoms with Gasteiger partial charge in [0, 0.05) is 11.4 Å². The molecule has 1 unspecified atom stereocenters. The molecule has 0 saturated carbocycles. The molecule has 0 radical (unpaired) electrons. The van der Waals surface area contributed by atoms with Crippen LogP contribution < -0.4 is 5.73 Å². The molecule has 1 atom stereocenters. The molecular formula is C12H19NOS. The van der Waals surface area contributed by atoms with Gasteiger partial charge in [0.15, 0.2) is 0 Å². The second kappa shape index (κ2) is 4.79. The summed E-state index contributed by atoms with van der Waals surface area (Å²) in [6.07, 6.45) is 0.938. The van der Waals surface area contributed by atoms with Crippen molar-refractivity contribution in [3.63, 3.8) is 0 Å². The Morgan fingerprint density at radius 1 is 1.27 bits per heavy atom. The first kappa shape index (κ1) is 12.2. The summed E-state index contributed by atoms with van der Waals surface area (Å²) >= 11 is 0. The maximum atomic E-state index is 11.9. The molecule has 1 rings (SSSR count). The second-order valence-electron chi connectivity index (χ2n) is 4.90. The molecule has 0 aliphatic carbocycles. The van der Waals surface area contributed by atoms with Gasteiger partial charge in [0.2, 0.25) is 0 Å². The van der Waals surface area contributed by atoms with Gasteiger partial charge in [-0.2, -0.15) is 0 Å². The van der Waals surface area contributed by atoms with E-state index in [9.17, 15) is 4.21 Å². The molecule has 2 N–H and O–H groups in total. The van der Waals surface area contributed by atoms with Gasteiger partial charge in [-0.1, -0.05) is 32.9 Å². The van der Waals surface area contributed by atoms with Crippen LogP contribution in [0.5, 0.6) is 0 Å². The molecule has 0 amide bonds. The van der Waals surface area contributed by atoms with Crippen LogP contribution in [0.2, 0.25) is 0 Å². The molecule has 0 spiro atoms. The van der Waals surface area contributed by atoms with Crippen molar-refractivity contribution in [1.82, 2.24) is 0 Å². The quantitative estimate of drug-likeness (QED) is 0.804. The molecule has 2 nitrogen and oxygen atoms in total. The summed E-state index contributed by atoms with van der Waals surface area (Å²) in [6.45, 7) is 6.45. The van der Waals surface area contributed by atoms with Crippen molar-refractivity contribution in [2.45, 2.75) is 32.1 Å². The lowest BCUT2D eigenvalue weighted by molar-refractivity contribution is 0.400. The zero-order chi connectivity index (χ0) is 11.5. The Hall–Kier alpha value is -0.830. The van der Waals surface area contributed by atoms with Gasteiger partial charge in [-0.25, -0.2) is 0 Å². The fourth-order valence-corrected chi connectivity index (χ4v) is 2.78. The largest absolute Gasteiger partial charge is 0.398 e. The Morgan fingerprint density at radius 2 is 1.87 bits per heavy atom. The Kier molecular flexibility index (Phi) is 3.91. The van der Waals surface area contributed by atoms with Gasteiger partial charge in [0.05, 0.1) is 15.7 Å². The Balaban J connectivity index is 2.66. The standard InChI is InChI=1S/C12H19NOS/c1-12(2,3)8-9-15(14)11-7-5-4-6-10(11)13/h4-7H,8-9,13H2,1-3H3. The van der Waals surface area contributed by atoms with Crippen LogP contribution in [0.3, 0.4) is 0 Å². The molecule has 84 valence electrons. The molecule has 1 aromatic rings. The van der Waals surface area contributed by atoms with Gasteiger partial charge >= 0.3 is 0 Å². The number of para-hydroxylation sites is 1. The van der Waals surface area contributed by atoms with Gasteiger partial charge in [-0.15, -0.1) is 0 Å². The monoisotopic (exact) mass is 225 g/mol. The van der Waals surface area contributed by atoms with E-state index < -0.39 is 10.8 Å². The van der Waals surface area contributed by atoms with Crippen molar-refractivity contribution in [2.75, 3.05) is 11.5 Å². The van der Waals surface area contributed by atoms with Gasteiger partial charge < -0.3 is 5.73 Å². The van der Waals surface area contributed by atoms with Crippen molar-refractivity contribution in [1.29, 1.82) is 0 Å². The van der Waals surface area contributed by atoms with E-state index in [0.29, 0.717) is 11.4 Å². The molecule has 0 fully saturated rings. The van der Waals surface area contributed by atoms with Crippen LogP contribution in [-0.4, -0.2) is 9.96 Å². The average Bonchev–Trinajstić information content (AvgIpc) is 2.14. The lowest BCUT2D eigenvalue weighted by Crippen LogP contribution is -2.11. The van der Waals surface area contributed by atoms with Crippen LogP contribution in [0.15, 0.2) is 29.2 Å². The second-order valence-corrected chi connectivity index (χ2v) is 6.44. The van der Waals surface area contributed by atoms with Gasteiger partial charge in [-0.3, -0.25) is 4.21 Å². The first-order valence-electron chi connectivity index (χ1n) is 5.13. The molecule has 0 aromatic heterocycles. The molecule has 0 aliphatic rings. The molecule has 0 saturated heterocycles. The lowest BCUT2D eigenvalue weighted by atomic mass is 9.94. The molecule has 0 bridgehead atoms. The first-order valence-corrected chi connectivity index (χ1v) is 6.45. The van der Waals surface area contributed by atoms with Crippen LogP contribution in [0.25, 0.3) is 0 Å². The van der Waals surface area contributed by atoms with E-state index in [1.807, 2.05) is 18.2 Å². The first-order chi connectivity index (χ1) is 6.90. The smallest absolute Gasteiger partial charge is 0.0617 e. The lowest BCUT2D eigenvalue weighted by Gasteiger charge is -2.17. The minimum Gasteiger partial charge on any atom is -0.398 e. The summed E-state index contributed by atoms with van der Waals surface area (Å²) in [5.41, 5.74) is 6.62. The normalized spacial score (nSPS) is 13.8. The molecule has 1 aromatic carbocycles. The summed E-state index contributed by atoms with van der Waals surface area (Å²) in [5, 5.41) is 0. The summed E-state index contributed by atoms with van der Waals surface area (Å²) in [7, 11) is -0.966. The van der Waals surface area contributed by atoms with Crippen molar-refractivity contribution >= 4 is 16.5 Å². The number of hydrogen-bond acceptors (Lipinski definition) is 2. The third-order valence-corrected chi connectivity index (χ3v) is 3.64. The number of rotatable bonds is 3. The maximum Gasteiger partial charge on any atom is 0.0617 e. The highest BCUT2D eigenvalue weighted by Gasteiger charge is 2.14. The molecule has 15 heavy (non-hydrogen) atoms. The number of benzene rings is 1. The molecule has 0 heterocycles. The number of nitrogen functional groups attached to an aromatic ring is 1. The highest BCUT2D eigenvalue weighted by Crippen LogP contribution is 2.22. The third-order valence-electron chi connectivity index (χ3n) is 2.20. The minimum absolute atomic E-state index is 0.221. The Bertz CT molecular complexity index is 355. The van der Waals surface area contributed by atoms with E-state index in [4.69, 9.17) is 5.73 Å². The van der Waals surface area contributed by atoms with E-state index in [1.54, 1.807) is 6.07 Å². The fraction of sp³-hybridized carbons (Fsp3) is 0.500. The van der Waals surface area contributed by atoms with Crippen molar-refractivity contribution in [3.8, 4) is 0 Å². The van der Waals surface area contributed by atoms with E-state index in [0.717, 1.165) is 11.3 Å². The van der Waals surface area contributed by atoms with E-state index in [-0.39, 0.29) is 5.41 Å². The molecule has 0 aliphatic heterocycles. The van der Waals surface area contributed by atoms with Crippen LogP contribution in [0.1, 0.15) is 27.2 Å². The van der Waals surface area contributed by atoms with Crippen molar-refractivity contribution < 1.29 is 4.21 Å². The van der Waals surface area contributed by atoms with E-state index >= 15 is 0 Å². The zero-order valence-electron chi connectivity index (χ0n) is 9.62. The maximum absolute atomic E-state index is 11.9. The average molecular weight is 225 g/mol. The predicted molar refractivity (Wildman–Crippen MR) is 66.2 cm³/mol. The minimum atomic E-state index is -0.966. The number of anilines is 1. The fourth-order valence-electron chi connectivity index (χ4n) is 1.20. The van der Waals surface area contributed by atoms with Crippen molar-refractivity contribution in [3.05, 3.63) is 24.3 Å². The topological polar surface area (TPSA) is 43.1 Å². The summed E-state index contributed by atoms with van der Waals surface area (Å²) in [5.74, 6) is 0.678. The van der Waals surface area contributed by atoms with Gasteiger partial charge in [0.1, 0.15) is 0 Å². The Morgan fingerprint density at radius 3 is 2.40 bits per heavy atom. The van der Waals surface area contributed by atoms with Crippen LogP contribution in [0, 0.1) is 5.41 Å². The van der Waals surface area contributed by atoms with Gasteiger partial charge in [-0.05, 0) is 24.0 Å². The Labute approximate surface area is 94.3 Å². The highest BCUT2D eigenvalue weighted by molar-refractivity contribution is 7.85. The third kappa shape index (κ3) is 4.04. The summed E-state index contributed by atoms with van der Waals surface area (Å²) < 4.78 is 11.9. The predicted octanol–water partition coefficient (Wildman–Crippen LogP) is 2.81. The van der Waals surface area contributed by atoms with Crippen molar-refractivity contribution in [2.24, 2.45) is 5.41 Å². The van der Waals surface area contributed by atoms with E-state index in [2.05, 4.69) is 20.8 Å². The number of hydrogen-bond donors (Lipinski definition) is 1. The highest BCUT2D eigenvalue weighted by atomic mass is 32.2. The van der Waals surface area contributed by atoms with Crippen LogP contribution in [0.4, 0.5) is 5.69 Å². The zero-order valence-corrected chi connectivity index (χ0v) is 10.4. The summed E-state index contributed by atoms with van der Waals surface area (Å²) in [4.78, 5) is 0.766. The van der Waals surface area contributed by atoms with Gasteiger partial charge in [0.25, 0.3) is 0 Å². The molecule has 3 heteroatoms.